The number of anilines is 1. The second-order valence-corrected chi connectivity index (χ2v) is 6.38. The maximum Gasteiger partial charge on any atom is 0.321 e. The molecule has 1 unspecified atom stereocenters. The third kappa shape index (κ3) is 3.97. The minimum atomic E-state index is -0.483. The van der Waals surface area contributed by atoms with Crippen molar-refractivity contribution in [3.8, 4) is 0 Å². The van der Waals surface area contributed by atoms with Gasteiger partial charge in [0.25, 0.3) is 0 Å². The fourth-order valence-electron chi connectivity index (χ4n) is 2.65. The number of carbonyl (C=O) groups is 1. The Labute approximate surface area is 127 Å². The van der Waals surface area contributed by atoms with Crippen molar-refractivity contribution < 1.29 is 9.90 Å². The molecule has 1 aliphatic heterocycles. The van der Waals surface area contributed by atoms with Gasteiger partial charge in [0.05, 0.1) is 6.10 Å². The van der Waals surface area contributed by atoms with Crippen molar-refractivity contribution in [1.82, 2.24) is 4.90 Å². The van der Waals surface area contributed by atoms with Crippen molar-refractivity contribution in [3.63, 3.8) is 0 Å². The summed E-state index contributed by atoms with van der Waals surface area (Å²) >= 11 is 0. The molecular formula is C17H26N2O2. The number of piperidine rings is 1. The lowest BCUT2D eigenvalue weighted by atomic mass is 9.78. The molecule has 1 heterocycles. The first-order chi connectivity index (χ1) is 9.93. The molecule has 1 fully saturated rings. The number of carbonyl (C=O) groups excluding carboxylic acids is 1. The van der Waals surface area contributed by atoms with E-state index in [1.54, 1.807) is 6.92 Å². The number of rotatable bonds is 3. The monoisotopic (exact) mass is 290 g/mol. The Morgan fingerprint density at radius 1 is 1.33 bits per heavy atom. The van der Waals surface area contributed by atoms with Gasteiger partial charge in [-0.1, -0.05) is 32.4 Å². The summed E-state index contributed by atoms with van der Waals surface area (Å²) in [7, 11) is 0. The number of likely N-dealkylation sites (tertiary alicyclic amines) is 1. The number of nitrogens with zero attached hydrogens (tertiary/aromatic N) is 1. The van der Waals surface area contributed by atoms with E-state index >= 15 is 0 Å². The smallest absolute Gasteiger partial charge is 0.321 e. The van der Waals surface area contributed by atoms with Crippen molar-refractivity contribution in [2.24, 2.45) is 5.41 Å². The van der Waals surface area contributed by atoms with Crippen molar-refractivity contribution in [3.05, 3.63) is 29.8 Å². The predicted octanol–water partition coefficient (Wildman–Crippen LogP) is 3.78. The first kappa shape index (κ1) is 15.8. The molecule has 1 aliphatic rings. The van der Waals surface area contributed by atoms with Crippen LogP contribution in [0.1, 0.15) is 51.7 Å². The molecule has 1 aromatic carbocycles. The topological polar surface area (TPSA) is 52.6 Å². The highest BCUT2D eigenvalue weighted by Gasteiger charge is 2.30. The van der Waals surface area contributed by atoms with Crippen molar-refractivity contribution in [1.29, 1.82) is 0 Å². The number of urea groups is 1. The molecule has 0 aromatic heterocycles. The quantitative estimate of drug-likeness (QED) is 0.890. The molecule has 0 radical (unpaired) electrons. The van der Waals surface area contributed by atoms with Crippen LogP contribution in [0.3, 0.4) is 0 Å². The maximum atomic E-state index is 12.3. The van der Waals surface area contributed by atoms with Crippen LogP contribution in [0.5, 0.6) is 0 Å². The largest absolute Gasteiger partial charge is 0.389 e. The van der Waals surface area contributed by atoms with Crippen LogP contribution in [0.2, 0.25) is 0 Å². The molecule has 0 aliphatic carbocycles. The fourth-order valence-corrected chi connectivity index (χ4v) is 2.65. The van der Waals surface area contributed by atoms with E-state index in [1.165, 1.54) is 6.42 Å². The van der Waals surface area contributed by atoms with Crippen LogP contribution in [0.15, 0.2) is 24.3 Å². The summed E-state index contributed by atoms with van der Waals surface area (Å²) < 4.78 is 0. The summed E-state index contributed by atoms with van der Waals surface area (Å²) in [6, 6.07) is 7.31. The fraction of sp³-hybridized carbons (Fsp3) is 0.588. The van der Waals surface area contributed by atoms with E-state index in [1.807, 2.05) is 29.2 Å². The van der Waals surface area contributed by atoms with Gasteiger partial charge in [-0.25, -0.2) is 4.79 Å². The average molecular weight is 290 g/mol. The van der Waals surface area contributed by atoms with Crippen molar-refractivity contribution >= 4 is 11.7 Å². The minimum absolute atomic E-state index is 0.0297. The van der Waals surface area contributed by atoms with Crippen LogP contribution in [0.25, 0.3) is 0 Å². The number of aliphatic hydroxyl groups is 1. The van der Waals surface area contributed by atoms with E-state index in [9.17, 15) is 9.90 Å². The molecule has 116 valence electrons. The Bertz CT molecular complexity index is 474. The Balaban J connectivity index is 1.90. The Kier molecular flexibility index (Phi) is 4.88. The number of aliphatic hydroxyl groups excluding tert-OH is 1. The molecule has 1 saturated heterocycles. The Morgan fingerprint density at radius 2 is 1.90 bits per heavy atom. The summed E-state index contributed by atoms with van der Waals surface area (Å²) in [6.45, 7) is 7.90. The number of amides is 2. The lowest BCUT2D eigenvalue weighted by molar-refractivity contribution is 0.133. The van der Waals surface area contributed by atoms with Gasteiger partial charge in [-0.3, -0.25) is 0 Å². The van der Waals surface area contributed by atoms with Crippen LogP contribution in [0, 0.1) is 5.41 Å². The average Bonchev–Trinajstić information content (AvgIpc) is 2.48. The summed E-state index contributed by atoms with van der Waals surface area (Å²) in [5.41, 5.74) is 2.01. The highest BCUT2D eigenvalue weighted by Crippen LogP contribution is 2.34. The molecule has 0 saturated carbocycles. The summed E-state index contributed by atoms with van der Waals surface area (Å²) in [5, 5.41) is 12.4. The second kappa shape index (κ2) is 6.48. The summed E-state index contributed by atoms with van der Waals surface area (Å²) in [5.74, 6) is 0. The second-order valence-electron chi connectivity index (χ2n) is 6.38. The zero-order valence-electron chi connectivity index (χ0n) is 13.2. The van der Waals surface area contributed by atoms with Crippen LogP contribution in [-0.2, 0) is 0 Å². The van der Waals surface area contributed by atoms with E-state index in [4.69, 9.17) is 0 Å². The summed E-state index contributed by atoms with van der Waals surface area (Å²) in [4.78, 5) is 14.1. The molecule has 4 nitrogen and oxygen atoms in total. The lowest BCUT2D eigenvalue weighted by Crippen LogP contribution is -2.43. The SMILES string of the molecule is CCC1(C)CCN(C(=O)Nc2ccc(C(C)O)cc2)CC1. The van der Waals surface area contributed by atoms with E-state index < -0.39 is 6.10 Å². The highest BCUT2D eigenvalue weighted by atomic mass is 16.3. The number of benzene rings is 1. The molecule has 2 amide bonds. The van der Waals surface area contributed by atoms with Gasteiger partial charge in [0.1, 0.15) is 0 Å². The molecule has 0 spiro atoms. The van der Waals surface area contributed by atoms with Crippen LogP contribution >= 0.6 is 0 Å². The van der Waals surface area contributed by atoms with Gasteiger partial charge >= 0.3 is 6.03 Å². The molecule has 21 heavy (non-hydrogen) atoms. The van der Waals surface area contributed by atoms with Gasteiger partial charge < -0.3 is 15.3 Å². The molecule has 2 N–H and O–H groups in total. The number of hydrogen-bond acceptors (Lipinski definition) is 2. The first-order valence-electron chi connectivity index (χ1n) is 7.77. The molecule has 2 rings (SSSR count). The number of nitrogens with one attached hydrogen (secondary N) is 1. The van der Waals surface area contributed by atoms with E-state index in [-0.39, 0.29) is 6.03 Å². The van der Waals surface area contributed by atoms with Gasteiger partial charge in [0.2, 0.25) is 0 Å². The molecule has 4 heteroatoms. The highest BCUT2D eigenvalue weighted by molar-refractivity contribution is 5.89. The Morgan fingerprint density at radius 3 is 2.38 bits per heavy atom. The molecule has 1 atom stereocenters. The standard InChI is InChI=1S/C17H26N2O2/c1-4-17(3)9-11-19(12-10-17)16(21)18-15-7-5-14(6-8-15)13(2)20/h5-8,13,20H,4,9-12H2,1-3H3,(H,18,21). The van der Waals surface area contributed by atoms with Crippen molar-refractivity contribution in [2.75, 3.05) is 18.4 Å². The van der Waals surface area contributed by atoms with Gasteiger partial charge in [-0.05, 0) is 42.9 Å². The maximum absolute atomic E-state index is 12.3. The Hall–Kier alpha value is -1.55. The normalized spacial score (nSPS) is 19.1. The van der Waals surface area contributed by atoms with E-state index in [2.05, 4.69) is 19.2 Å². The van der Waals surface area contributed by atoms with Crippen LogP contribution in [0.4, 0.5) is 10.5 Å². The van der Waals surface area contributed by atoms with Gasteiger partial charge in [0, 0.05) is 18.8 Å². The number of hydrogen-bond donors (Lipinski definition) is 2. The minimum Gasteiger partial charge on any atom is -0.389 e. The van der Waals surface area contributed by atoms with Crippen LogP contribution < -0.4 is 5.32 Å². The lowest BCUT2D eigenvalue weighted by Gasteiger charge is -2.38. The van der Waals surface area contributed by atoms with Crippen molar-refractivity contribution in [2.45, 2.75) is 46.1 Å². The third-order valence-corrected chi connectivity index (χ3v) is 4.76. The predicted molar refractivity (Wildman–Crippen MR) is 85.3 cm³/mol. The zero-order valence-corrected chi connectivity index (χ0v) is 13.2. The van der Waals surface area contributed by atoms with Gasteiger partial charge in [-0.2, -0.15) is 0 Å². The van der Waals surface area contributed by atoms with E-state index in [0.29, 0.717) is 5.41 Å². The first-order valence-corrected chi connectivity index (χ1v) is 7.77. The molecule has 0 bridgehead atoms. The molecular weight excluding hydrogens is 264 g/mol. The summed E-state index contributed by atoms with van der Waals surface area (Å²) in [6.07, 6.45) is 2.82. The third-order valence-electron chi connectivity index (χ3n) is 4.76. The van der Waals surface area contributed by atoms with E-state index in [0.717, 1.165) is 37.2 Å². The zero-order chi connectivity index (χ0) is 15.5. The van der Waals surface area contributed by atoms with Gasteiger partial charge in [0.15, 0.2) is 0 Å². The van der Waals surface area contributed by atoms with Gasteiger partial charge in [-0.15, -0.1) is 0 Å². The molecule has 1 aromatic rings. The van der Waals surface area contributed by atoms with Crippen LogP contribution in [-0.4, -0.2) is 29.1 Å².